The molecule has 0 spiro atoms. The Bertz CT molecular complexity index is 1120. The van der Waals surface area contributed by atoms with E-state index in [0.29, 0.717) is 18.9 Å². The molecule has 0 bridgehead atoms. The summed E-state index contributed by atoms with van der Waals surface area (Å²) in [6.45, 7) is 9.32. The average Bonchev–Trinajstić information content (AvgIpc) is 3.34. The molecule has 1 aliphatic heterocycles. The normalized spacial score (nSPS) is 23.6. The van der Waals surface area contributed by atoms with Crippen molar-refractivity contribution in [1.82, 2.24) is 14.5 Å². The maximum Gasteiger partial charge on any atom is 0.416 e. The second-order valence-electron chi connectivity index (χ2n) is 11.4. The Morgan fingerprint density at radius 3 is 2.35 bits per heavy atom. The molecule has 2 amide bonds. The zero-order valence-corrected chi connectivity index (χ0v) is 22.6. The van der Waals surface area contributed by atoms with Crippen LogP contribution >= 0.6 is 0 Å². The highest BCUT2D eigenvalue weighted by atomic mass is 32.2. The number of hydrogen-bond acceptors (Lipinski definition) is 4. The lowest BCUT2D eigenvalue weighted by Gasteiger charge is -2.41. The molecule has 12 heteroatoms. The average molecular weight is 548 g/mol. The van der Waals surface area contributed by atoms with Gasteiger partial charge in [-0.25, -0.2) is 13.2 Å². The molecule has 3 rings (SSSR count). The second kappa shape index (κ2) is 10.4. The van der Waals surface area contributed by atoms with Gasteiger partial charge in [-0.15, -0.1) is 0 Å². The predicted octanol–water partition coefficient (Wildman–Crippen LogP) is 4.41. The maximum atomic E-state index is 13.1. The van der Waals surface area contributed by atoms with E-state index in [1.807, 2.05) is 13.8 Å². The Morgan fingerprint density at radius 2 is 1.81 bits per heavy atom. The summed E-state index contributed by atoms with van der Waals surface area (Å²) in [6.07, 6.45) is -4.44. The van der Waals surface area contributed by atoms with Crippen molar-refractivity contribution < 1.29 is 36.3 Å². The van der Waals surface area contributed by atoms with Crippen LogP contribution in [0.25, 0.3) is 0 Å². The largest absolute Gasteiger partial charge is 0.465 e. The van der Waals surface area contributed by atoms with Crippen molar-refractivity contribution in [3.05, 3.63) is 29.8 Å². The molecule has 1 saturated carbocycles. The molecule has 2 aliphatic rings. The summed E-state index contributed by atoms with van der Waals surface area (Å²) >= 11 is 0. The molecule has 0 aromatic heterocycles. The summed E-state index contributed by atoms with van der Waals surface area (Å²) in [4.78, 5) is 25.9. The number of carbonyl (C=O) groups is 2. The number of benzene rings is 1. The number of nitrogens with one attached hydrogen (secondary N) is 1. The summed E-state index contributed by atoms with van der Waals surface area (Å²) in [5.41, 5.74) is -1.73. The molecular formula is C25H36F3N3O5S. The number of halogens is 3. The van der Waals surface area contributed by atoms with Crippen LogP contribution in [0.2, 0.25) is 0 Å². The fourth-order valence-electron chi connectivity index (χ4n) is 5.59. The van der Waals surface area contributed by atoms with Crippen LogP contribution in [-0.4, -0.2) is 65.4 Å². The molecule has 1 aromatic rings. The molecule has 2 fully saturated rings. The van der Waals surface area contributed by atoms with Crippen LogP contribution in [0.5, 0.6) is 0 Å². The molecule has 37 heavy (non-hydrogen) atoms. The molecule has 0 radical (unpaired) electrons. The van der Waals surface area contributed by atoms with Gasteiger partial charge in [0.2, 0.25) is 15.9 Å². The number of amides is 2. The quantitative estimate of drug-likeness (QED) is 0.526. The smallest absolute Gasteiger partial charge is 0.416 e. The minimum atomic E-state index is -4.65. The first-order valence-corrected chi connectivity index (χ1v) is 13.9. The van der Waals surface area contributed by atoms with Crippen LogP contribution in [0, 0.1) is 17.8 Å². The number of sulfonamides is 1. The third kappa shape index (κ3) is 6.39. The van der Waals surface area contributed by atoms with E-state index < -0.39 is 44.3 Å². The van der Waals surface area contributed by atoms with Gasteiger partial charge in [-0.3, -0.25) is 9.69 Å². The monoisotopic (exact) mass is 547 g/mol. The Morgan fingerprint density at radius 1 is 1.16 bits per heavy atom. The van der Waals surface area contributed by atoms with Gasteiger partial charge in [0.25, 0.3) is 0 Å². The van der Waals surface area contributed by atoms with Gasteiger partial charge in [-0.05, 0) is 69.6 Å². The van der Waals surface area contributed by atoms with Crippen molar-refractivity contribution in [2.75, 3.05) is 13.1 Å². The maximum absolute atomic E-state index is 13.1. The fraction of sp³-hybridized carbons (Fsp3) is 0.680. The first-order valence-electron chi connectivity index (χ1n) is 12.4. The number of carboxylic acid groups (broad SMARTS) is 1. The van der Waals surface area contributed by atoms with E-state index in [-0.39, 0.29) is 49.2 Å². The Kier molecular flexibility index (Phi) is 8.24. The Hall–Kier alpha value is -2.34. The van der Waals surface area contributed by atoms with Crippen molar-refractivity contribution in [1.29, 1.82) is 0 Å². The summed E-state index contributed by atoms with van der Waals surface area (Å²) in [5, 5.41) is 12.8. The van der Waals surface area contributed by atoms with Gasteiger partial charge in [0.15, 0.2) is 0 Å². The topological polar surface area (TPSA) is 107 Å². The van der Waals surface area contributed by atoms with Crippen molar-refractivity contribution in [2.24, 2.45) is 17.8 Å². The first-order chi connectivity index (χ1) is 16.9. The number of carbonyl (C=O) groups excluding carboxylic acids is 1. The lowest BCUT2D eigenvalue weighted by Crippen LogP contribution is -2.55. The summed E-state index contributed by atoms with van der Waals surface area (Å²) in [6, 6.07) is 2.89. The standard InChI is InChI=1S/C25H36F3N3O5S/c1-15(2)21(31(23(33)34)24(3,4)5)12-22(32)29-20-10-9-16-13-30(14-19(16)20)37(35,36)18-8-6-7-17(11-18)25(26,27)28/h6-8,11,15-16,19-21H,9-10,12-14H2,1-5H3,(H,29,32)(H,33,34)/t16-,19?,20+,21+/m0/s1. The highest BCUT2D eigenvalue weighted by Gasteiger charge is 2.47. The van der Waals surface area contributed by atoms with Gasteiger partial charge in [0.1, 0.15) is 0 Å². The zero-order valence-electron chi connectivity index (χ0n) is 21.7. The highest BCUT2D eigenvalue weighted by Crippen LogP contribution is 2.41. The number of nitrogens with zero attached hydrogens (tertiary/aromatic N) is 2. The molecule has 208 valence electrons. The molecule has 2 N–H and O–H groups in total. The van der Waals surface area contributed by atoms with Crippen LogP contribution < -0.4 is 5.32 Å². The zero-order chi connectivity index (χ0) is 27.9. The van der Waals surface area contributed by atoms with Gasteiger partial charge < -0.3 is 10.4 Å². The van der Waals surface area contributed by atoms with Crippen LogP contribution in [0.4, 0.5) is 18.0 Å². The van der Waals surface area contributed by atoms with Gasteiger partial charge in [0.05, 0.1) is 10.5 Å². The van der Waals surface area contributed by atoms with E-state index in [0.717, 1.165) is 18.2 Å². The third-order valence-electron chi connectivity index (χ3n) is 7.39. The van der Waals surface area contributed by atoms with Crippen molar-refractivity contribution in [3.63, 3.8) is 0 Å². The van der Waals surface area contributed by atoms with Crippen molar-refractivity contribution in [3.8, 4) is 0 Å². The van der Waals surface area contributed by atoms with E-state index in [1.54, 1.807) is 20.8 Å². The molecule has 1 unspecified atom stereocenters. The molecule has 4 atom stereocenters. The second-order valence-corrected chi connectivity index (χ2v) is 13.3. The first kappa shape index (κ1) is 29.2. The number of hydrogen-bond donors (Lipinski definition) is 2. The predicted molar refractivity (Wildman–Crippen MR) is 131 cm³/mol. The Balaban J connectivity index is 1.71. The number of fused-ring (bicyclic) bond motifs is 1. The summed E-state index contributed by atoms with van der Waals surface area (Å²) in [7, 11) is -4.13. The molecular weight excluding hydrogens is 511 g/mol. The highest BCUT2D eigenvalue weighted by molar-refractivity contribution is 7.89. The van der Waals surface area contributed by atoms with Crippen molar-refractivity contribution in [2.45, 2.75) is 82.6 Å². The van der Waals surface area contributed by atoms with Crippen LogP contribution in [-0.2, 0) is 21.0 Å². The SMILES string of the molecule is CC(C)[C@@H](CC(=O)N[C@@H]1CC[C@H]2CN(S(=O)(=O)c3cccc(C(F)(F)F)c3)CC21)N(C(=O)O)C(C)(C)C. The summed E-state index contributed by atoms with van der Waals surface area (Å²) < 4.78 is 66.8. The van der Waals surface area contributed by atoms with Crippen LogP contribution in [0.1, 0.15) is 59.4 Å². The minimum Gasteiger partial charge on any atom is -0.465 e. The Labute approximate surface area is 216 Å². The van der Waals surface area contributed by atoms with E-state index in [2.05, 4.69) is 5.32 Å². The molecule has 1 aliphatic carbocycles. The van der Waals surface area contributed by atoms with Gasteiger partial charge in [-0.1, -0.05) is 19.9 Å². The molecule has 8 nitrogen and oxygen atoms in total. The van der Waals surface area contributed by atoms with Gasteiger partial charge in [0, 0.05) is 37.1 Å². The minimum absolute atomic E-state index is 0.0168. The molecule has 1 heterocycles. The van der Waals surface area contributed by atoms with Crippen LogP contribution in [0.3, 0.4) is 0 Å². The molecule has 1 saturated heterocycles. The fourth-order valence-corrected chi connectivity index (χ4v) is 7.17. The number of alkyl halides is 3. The van der Waals surface area contributed by atoms with E-state index in [4.69, 9.17) is 0 Å². The van der Waals surface area contributed by atoms with Crippen molar-refractivity contribution >= 4 is 22.0 Å². The lowest BCUT2D eigenvalue weighted by molar-refractivity contribution is -0.137. The van der Waals surface area contributed by atoms with E-state index in [9.17, 15) is 36.3 Å². The van der Waals surface area contributed by atoms with E-state index in [1.165, 1.54) is 9.21 Å². The third-order valence-corrected chi connectivity index (χ3v) is 9.22. The van der Waals surface area contributed by atoms with Gasteiger partial charge in [-0.2, -0.15) is 17.5 Å². The summed E-state index contributed by atoms with van der Waals surface area (Å²) in [5.74, 6) is -0.604. The molecule has 1 aromatic carbocycles. The lowest BCUT2D eigenvalue weighted by atomic mass is 9.93. The van der Waals surface area contributed by atoms with Gasteiger partial charge >= 0.3 is 12.3 Å². The van der Waals surface area contributed by atoms with E-state index >= 15 is 0 Å². The van der Waals surface area contributed by atoms with Crippen LogP contribution in [0.15, 0.2) is 29.2 Å². The number of rotatable bonds is 7.